The molecule has 3 rings (SSSR count). The van der Waals surface area contributed by atoms with Crippen LogP contribution in [0, 0.1) is 6.92 Å². The van der Waals surface area contributed by atoms with Crippen LogP contribution in [0.1, 0.15) is 11.4 Å². The molecule has 0 aliphatic heterocycles. The van der Waals surface area contributed by atoms with E-state index in [2.05, 4.69) is 10.3 Å². The number of carbonyl (C=O) groups is 2. The summed E-state index contributed by atoms with van der Waals surface area (Å²) in [6.45, 7) is 1.60. The minimum atomic E-state index is -0.472. The second-order valence-electron chi connectivity index (χ2n) is 6.06. The van der Waals surface area contributed by atoms with Gasteiger partial charge < -0.3 is 14.6 Å². The number of imidazole rings is 1. The van der Waals surface area contributed by atoms with Crippen molar-refractivity contribution >= 4 is 40.4 Å². The van der Waals surface area contributed by atoms with Crippen LogP contribution in [-0.4, -0.2) is 34.3 Å². The molecule has 1 heterocycles. The molecular weight excluding hydrogens is 362 g/mol. The lowest BCUT2D eigenvalue weighted by Gasteiger charge is -2.10. The molecule has 6 nitrogen and oxygen atoms in total. The number of nitrogens with zero attached hydrogens (tertiary/aromatic N) is 2. The van der Waals surface area contributed by atoms with Crippen molar-refractivity contribution in [1.29, 1.82) is 0 Å². The minimum Gasteiger partial charge on any atom is -0.454 e. The van der Waals surface area contributed by atoms with Crippen molar-refractivity contribution in [1.82, 2.24) is 9.55 Å². The third-order valence-electron chi connectivity index (χ3n) is 4.08. The van der Waals surface area contributed by atoms with Crippen molar-refractivity contribution in [2.24, 2.45) is 0 Å². The fourth-order valence-corrected chi connectivity index (χ4v) is 3.24. The number of carbonyl (C=O) groups excluding carboxylic acids is 2. The van der Waals surface area contributed by atoms with Crippen LogP contribution in [0.15, 0.2) is 48.5 Å². The summed E-state index contributed by atoms with van der Waals surface area (Å²) in [7, 11) is 0. The van der Waals surface area contributed by atoms with Crippen molar-refractivity contribution in [2.45, 2.75) is 19.2 Å². The Morgan fingerprint density at radius 2 is 1.89 bits per heavy atom. The van der Waals surface area contributed by atoms with Gasteiger partial charge in [0.15, 0.2) is 6.61 Å². The van der Waals surface area contributed by atoms with Gasteiger partial charge in [-0.05, 0) is 36.9 Å². The first-order chi connectivity index (χ1) is 13.1. The van der Waals surface area contributed by atoms with E-state index in [0.29, 0.717) is 11.4 Å². The summed E-state index contributed by atoms with van der Waals surface area (Å²) in [5.41, 5.74) is 3.37. The molecule has 1 aromatic heterocycles. The fraction of sp³-hybridized carbons (Fsp3) is 0.250. The van der Waals surface area contributed by atoms with Gasteiger partial charge in [0.05, 0.1) is 16.8 Å². The zero-order chi connectivity index (χ0) is 19.2. The number of hydrogen-bond donors (Lipinski definition) is 1. The number of nitrogens with one attached hydrogen (secondary N) is 1. The van der Waals surface area contributed by atoms with Gasteiger partial charge >= 0.3 is 5.97 Å². The zero-order valence-corrected chi connectivity index (χ0v) is 16.1. The Kier molecular flexibility index (Phi) is 6.13. The highest BCUT2D eigenvalue weighted by Gasteiger charge is 2.15. The second-order valence-corrected chi connectivity index (χ2v) is 6.93. The quantitative estimate of drug-likeness (QED) is 0.633. The molecule has 0 atom stereocenters. The molecular formula is C20H21N3O3S. The lowest BCUT2D eigenvalue weighted by molar-refractivity contribution is -0.147. The van der Waals surface area contributed by atoms with E-state index in [1.807, 2.05) is 60.2 Å². The van der Waals surface area contributed by atoms with E-state index in [-0.39, 0.29) is 19.1 Å². The van der Waals surface area contributed by atoms with Crippen LogP contribution in [0.25, 0.3) is 11.0 Å². The van der Waals surface area contributed by atoms with Gasteiger partial charge in [-0.2, -0.15) is 11.8 Å². The largest absolute Gasteiger partial charge is 0.454 e. The van der Waals surface area contributed by atoms with E-state index in [1.165, 1.54) is 0 Å². The lowest BCUT2D eigenvalue weighted by atomic mass is 10.2. The normalized spacial score (nSPS) is 10.7. The highest BCUT2D eigenvalue weighted by molar-refractivity contribution is 7.97. The number of benzene rings is 2. The predicted octanol–water partition coefficient (Wildman–Crippen LogP) is 3.39. The Balaban J connectivity index is 1.62. The second kappa shape index (κ2) is 8.73. The first-order valence-electron chi connectivity index (χ1n) is 8.52. The maximum Gasteiger partial charge on any atom is 0.326 e. The average Bonchev–Trinajstić information content (AvgIpc) is 3.00. The smallest absolute Gasteiger partial charge is 0.326 e. The molecule has 140 valence electrons. The number of aryl methyl sites for hydroxylation is 1. The number of hydrogen-bond acceptors (Lipinski definition) is 5. The number of rotatable bonds is 7. The number of thioether (sulfide) groups is 1. The van der Waals surface area contributed by atoms with Crippen LogP contribution in [-0.2, 0) is 26.6 Å². The summed E-state index contributed by atoms with van der Waals surface area (Å²) < 4.78 is 7.01. The molecule has 27 heavy (non-hydrogen) atoms. The topological polar surface area (TPSA) is 73.2 Å². The fourth-order valence-electron chi connectivity index (χ4n) is 2.76. The first kappa shape index (κ1) is 19.0. The van der Waals surface area contributed by atoms with Crippen molar-refractivity contribution in [3.05, 3.63) is 59.9 Å². The maximum absolute atomic E-state index is 12.3. The predicted molar refractivity (Wildman–Crippen MR) is 108 cm³/mol. The number of esters is 1. The zero-order valence-electron chi connectivity index (χ0n) is 15.3. The van der Waals surface area contributed by atoms with Gasteiger partial charge in [-0.25, -0.2) is 4.98 Å². The SMILES string of the molecule is CSCc1nc2ccccc2n1CC(=O)OCC(=O)Nc1ccccc1C. The molecule has 0 spiro atoms. The molecule has 0 bridgehead atoms. The summed E-state index contributed by atoms with van der Waals surface area (Å²) >= 11 is 1.63. The molecule has 0 aliphatic carbocycles. The maximum atomic E-state index is 12.3. The number of anilines is 1. The van der Waals surface area contributed by atoms with Gasteiger partial charge in [0, 0.05) is 5.69 Å². The van der Waals surface area contributed by atoms with Crippen LogP contribution in [0.3, 0.4) is 0 Å². The van der Waals surface area contributed by atoms with Crippen LogP contribution in [0.2, 0.25) is 0 Å². The highest BCUT2D eigenvalue weighted by Crippen LogP contribution is 2.19. The van der Waals surface area contributed by atoms with E-state index < -0.39 is 5.97 Å². The molecule has 1 N–H and O–H groups in total. The third-order valence-corrected chi connectivity index (χ3v) is 4.62. The van der Waals surface area contributed by atoms with Gasteiger partial charge in [-0.15, -0.1) is 0 Å². The number of aromatic nitrogens is 2. The van der Waals surface area contributed by atoms with Crippen molar-refractivity contribution in [3.63, 3.8) is 0 Å². The Morgan fingerprint density at radius 1 is 1.15 bits per heavy atom. The van der Waals surface area contributed by atoms with E-state index in [0.717, 1.165) is 22.4 Å². The van der Waals surface area contributed by atoms with E-state index in [9.17, 15) is 9.59 Å². The minimum absolute atomic E-state index is 0.0219. The van der Waals surface area contributed by atoms with Crippen molar-refractivity contribution in [2.75, 3.05) is 18.2 Å². The standard InChI is InChI=1S/C20H21N3O3S/c1-14-7-3-4-8-15(14)22-19(24)12-26-20(25)11-23-17-10-6-5-9-16(17)21-18(23)13-27-2/h3-10H,11-13H2,1-2H3,(H,22,24). The summed E-state index contributed by atoms with van der Waals surface area (Å²) in [6.07, 6.45) is 1.98. The molecule has 0 saturated heterocycles. The van der Waals surface area contributed by atoms with Crippen LogP contribution in [0.4, 0.5) is 5.69 Å². The molecule has 0 fully saturated rings. The number of para-hydroxylation sites is 3. The molecule has 3 aromatic rings. The molecule has 1 amide bonds. The molecule has 0 radical (unpaired) electrons. The van der Waals surface area contributed by atoms with Crippen molar-refractivity contribution in [3.8, 4) is 0 Å². The lowest BCUT2D eigenvalue weighted by Crippen LogP contribution is -2.23. The summed E-state index contributed by atoms with van der Waals surface area (Å²) in [5, 5.41) is 2.75. The van der Waals surface area contributed by atoms with Gasteiger partial charge in [-0.3, -0.25) is 9.59 Å². The Morgan fingerprint density at radius 3 is 2.67 bits per heavy atom. The Hall–Kier alpha value is -2.80. The number of ether oxygens (including phenoxy) is 1. The molecule has 2 aromatic carbocycles. The van der Waals surface area contributed by atoms with E-state index >= 15 is 0 Å². The molecule has 0 saturated carbocycles. The summed E-state index contributed by atoms with van der Waals surface area (Å²) in [6, 6.07) is 15.1. The Bertz CT molecular complexity index is 968. The van der Waals surface area contributed by atoms with E-state index in [4.69, 9.17) is 4.74 Å². The molecule has 0 aliphatic rings. The van der Waals surface area contributed by atoms with Crippen molar-refractivity contribution < 1.29 is 14.3 Å². The highest BCUT2D eigenvalue weighted by atomic mass is 32.2. The van der Waals surface area contributed by atoms with Gasteiger partial charge in [0.2, 0.25) is 0 Å². The summed E-state index contributed by atoms with van der Waals surface area (Å²) in [4.78, 5) is 28.9. The van der Waals surface area contributed by atoms with Crippen LogP contribution >= 0.6 is 11.8 Å². The number of fused-ring (bicyclic) bond motifs is 1. The average molecular weight is 383 g/mol. The Labute approximate surface area is 161 Å². The van der Waals surface area contributed by atoms with Crippen LogP contribution < -0.4 is 5.32 Å². The van der Waals surface area contributed by atoms with Crippen LogP contribution in [0.5, 0.6) is 0 Å². The molecule has 7 heteroatoms. The summed E-state index contributed by atoms with van der Waals surface area (Å²) in [5.74, 6) is 0.665. The van der Waals surface area contributed by atoms with E-state index in [1.54, 1.807) is 17.8 Å². The molecule has 0 unspecified atom stereocenters. The first-order valence-corrected chi connectivity index (χ1v) is 9.92. The van der Waals surface area contributed by atoms with Gasteiger partial charge in [-0.1, -0.05) is 30.3 Å². The van der Waals surface area contributed by atoms with Gasteiger partial charge in [0.1, 0.15) is 12.4 Å². The number of amides is 1. The third kappa shape index (κ3) is 4.68. The monoisotopic (exact) mass is 383 g/mol. The van der Waals surface area contributed by atoms with Gasteiger partial charge in [0.25, 0.3) is 5.91 Å².